The maximum absolute atomic E-state index is 5.46. The zero-order valence-electron chi connectivity index (χ0n) is 6.16. The van der Waals surface area contributed by atoms with Crippen molar-refractivity contribution < 1.29 is 4.74 Å². The summed E-state index contributed by atoms with van der Waals surface area (Å²) in [5, 5.41) is 0. The van der Waals surface area contributed by atoms with Crippen LogP contribution in [0.4, 0.5) is 0 Å². The lowest BCUT2D eigenvalue weighted by molar-refractivity contribution is 0.372. The first-order valence-electron chi connectivity index (χ1n) is 4.03. The van der Waals surface area contributed by atoms with Gasteiger partial charge in [-0.15, -0.1) is 0 Å². The molecule has 0 radical (unpaired) electrons. The Morgan fingerprint density at radius 1 is 1.55 bits per heavy atom. The minimum Gasteiger partial charge on any atom is -0.364 e. The molecule has 2 heterocycles. The molecule has 56 valence electrons. The molecule has 1 aliphatic heterocycles. The quantitative estimate of drug-likeness (QED) is 0.519. The van der Waals surface area contributed by atoms with Gasteiger partial charge in [0.1, 0.15) is 6.10 Å². The van der Waals surface area contributed by atoms with Crippen molar-refractivity contribution in [1.82, 2.24) is 4.98 Å². The average Bonchev–Trinajstić information content (AvgIpc) is 2.83. The van der Waals surface area contributed by atoms with Gasteiger partial charge in [0.15, 0.2) is 0 Å². The van der Waals surface area contributed by atoms with Gasteiger partial charge in [-0.3, -0.25) is 4.98 Å². The number of nitrogens with zero attached hydrogens (tertiary/aromatic N) is 1. The summed E-state index contributed by atoms with van der Waals surface area (Å²) in [6, 6.07) is 2.10. The standard InChI is InChI=1S/C9H9NO/c1-2-8-9(11-8)7-5-10-4-3-6(1)7/h3-5,8-9H,1-2H2. The average molecular weight is 147 g/mol. The highest BCUT2D eigenvalue weighted by Crippen LogP contribution is 2.46. The van der Waals surface area contributed by atoms with E-state index in [0.717, 1.165) is 0 Å². The van der Waals surface area contributed by atoms with Crippen LogP contribution >= 0.6 is 0 Å². The Bertz CT molecular complexity index is 297. The molecule has 1 aromatic heterocycles. The molecule has 2 heteroatoms. The molecular formula is C9H9NO. The molecule has 1 aliphatic carbocycles. The molecule has 2 unspecified atom stereocenters. The van der Waals surface area contributed by atoms with E-state index in [1.807, 2.05) is 12.4 Å². The Kier molecular flexibility index (Phi) is 0.950. The van der Waals surface area contributed by atoms with Crippen LogP contribution in [0, 0.1) is 0 Å². The number of epoxide rings is 1. The zero-order chi connectivity index (χ0) is 7.26. The summed E-state index contributed by atoms with van der Waals surface area (Å²) in [4.78, 5) is 4.10. The topological polar surface area (TPSA) is 25.4 Å². The Morgan fingerprint density at radius 3 is 3.55 bits per heavy atom. The fourth-order valence-electron chi connectivity index (χ4n) is 1.85. The molecule has 0 spiro atoms. The van der Waals surface area contributed by atoms with Crippen molar-refractivity contribution in [2.24, 2.45) is 0 Å². The van der Waals surface area contributed by atoms with Crippen LogP contribution in [-0.2, 0) is 11.2 Å². The van der Waals surface area contributed by atoms with Gasteiger partial charge in [-0.25, -0.2) is 0 Å². The van der Waals surface area contributed by atoms with Gasteiger partial charge in [0.05, 0.1) is 6.10 Å². The molecule has 1 saturated heterocycles. The minimum absolute atomic E-state index is 0.396. The van der Waals surface area contributed by atoms with Gasteiger partial charge in [-0.1, -0.05) is 0 Å². The number of rotatable bonds is 0. The van der Waals surface area contributed by atoms with Crippen LogP contribution in [0.15, 0.2) is 18.5 Å². The summed E-state index contributed by atoms with van der Waals surface area (Å²) in [6.07, 6.45) is 7.08. The molecule has 0 bridgehead atoms. The predicted molar refractivity (Wildman–Crippen MR) is 40.2 cm³/mol. The number of pyridine rings is 1. The summed E-state index contributed by atoms with van der Waals surface area (Å²) < 4.78 is 5.46. The first kappa shape index (κ1) is 5.72. The first-order chi connectivity index (χ1) is 5.45. The molecule has 2 aliphatic rings. The lowest BCUT2D eigenvalue weighted by Gasteiger charge is -2.09. The molecule has 0 aromatic carbocycles. The highest BCUT2D eigenvalue weighted by Gasteiger charge is 2.43. The highest BCUT2D eigenvalue weighted by atomic mass is 16.6. The van der Waals surface area contributed by atoms with E-state index in [4.69, 9.17) is 4.74 Å². The van der Waals surface area contributed by atoms with E-state index in [0.29, 0.717) is 12.2 Å². The van der Waals surface area contributed by atoms with Gasteiger partial charge in [-0.05, 0) is 24.5 Å². The second-order valence-corrected chi connectivity index (χ2v) is 3.21. The maximum atomic E-state index is 5.46. The van der Waals surface area contributed by atoms with Crippen LogP contribution in [0.1, 0.15) is 23.7 Å². The molecule has 0 N–H and O–H groups in total. The number of ether oxygens (including phenoxy) is 1. The summed E-state index contributed by atoms with van der Waals surface area (Å²) in [5.74, 6) is 0. The third kappa shape index (κ3) is 0.730. The molecular weight excluding hydrogens is 138 g/mol. The molecule has 1 aromatic rings. The number of aromatic nitrogens is 1. The lowest BCUT2D eigenvalue weighted by atomic mass is 9.94. The Hall–Kier alpha value is -0.890. The summed E-state index contributed by atoms with van der Waals surface area (Å²) in [6.45, 7) is 0. The fraction of sp³-hybridized carbons (Fsp3) is 0.444. The van der Waals surface area contributed by atoms with Gasteiger partial charge < -0.3 is 4.74 Å². The van der Waals surface area contributed by atoms with Gasteiger partial charge in [0.2, 0.25) is 0 Å². The SMILES string of the molecule is c1cc2c(cn1)C1OC1CC2. The van der Waals surface area contributed by atoms with Crippen LogP contribution < -0.4 is 0 Å². The monoisotopic (exact) mass is 147 g/mol. The van der Waals surface area contributed by atoms with E-state index in [1.165, 1.54) is 24.0 Å². The number of fused-ring (bicyclic) bond motifs is 3. The molecule has 0 amide bonds. The maximum Gasteiger partial charge on any atom is 0.111 e. The molecule has 2 nitrogen and oxygen atoms in total. The number of hydrogen-bond acceptors (Lipinski definition) is 2. The van der Waals surface area contributed by atoms with Crippen molar-refractivity contribution >= 4 is 0 Å². The van der Waals surface area contributed by atoms with Crippen molar-refractivity contribution in [1.29, 1.82) is 0 Å². The van der Waals surface area contributed by atoms with Gasteiger partial charge >= 0.3 is 0 Å². The minimum atomic E-state index is 0.396. The van der Waals surface area contributed by atoms with Gasteiger partial charge in [-0.2, -0.15) is 0 Å². The zero-order valence-corrected chi connectivity index (χ0v) is 6.16. The van der Waals surface area contributed by atoms with Gasteiger partial charge in [0, 0.05) is 18.0 Å². The number of aryl methyl sites for hydroxylation is 1. The van der Waals surface area contributed by atoms with Crippen molar-refractivity contribution in [2.75, 3.05) is 0 Å². The van der Waals surface area contributed by atoms with Crippen LogP contribution in [-0.4, -0.2) is 11.1 Å². The van der Waals surface area contributed by atoms with Crippen molar-refractivity contribution in [3.63, 3.8) is 0 Å². The Labute approximate surface area is 65.2 Å². The molecule has 3 rings (SSSR count). The smallest absolute Gasteiger partial charge is 0.111 e. The Balaban J connectivity index is 2.14. The largest absolute Gasteiger partial charge is 0.364 e. The molecule has 1 fully saturated rings. The Morgan fingerprint density at radius 2 is 2.55 bits per heavy atom. The summed E-state index contributed by atoms with van der Waals surface area (Å²) >= 11 is 0. The van der Waals surface area contributed by atoms with Gasteiger partial charge in [0.25, 0.3) is 0 Å². The van der Waals surface area contributed by atoms with Crippen molar-refractivity contribution in [3.8, 4) is 0 Å². The third-order valence-corrected chi connectivity index (χ3v) is 2.53. The number of hydrogen-bond donors (Lipinski definition) is 0. The summed E-state index contributed by atoms with van der Waals surface area (Å²) in [7, 11) is 0. The van der Waals surface area contributed by atoms with Crippen molar-refractivity contribution in [3.05, 3.63) is 29.6 Å². The van der Waals surface area contributed by atoms with Crippen LogP contribution in [0.25, 0.3) is 0 Å². The second kappa shape index (κ2) is 1.83. The van der Waals surface area contributed by atoms with Crippen LogP contribution in [0.2, 0.25) is 0 Å². The second-order valence-electron chi connectivity index (χ2n) is 3.21. The fourth-order valence-corrected chi connectivity index (χ4v) is 1.85. The van der Waals surface area contributed by atoms with E-state index in [2.05, 4.69) is 11.1 Å². The van der Waals surface area contributed by atoms with E-state index in [1.54, 1.807) is 0 Å². The van der Waals surface area contributed by atoms with E-state index in [9.17, 15) is 0 Å². The summed E-state index contributed by atoms with van der Waals surface area (Å²) in [5.41, 5.74) is 2.75. The van der Waals surface area contributed by atoms with Crippen molar-refractivity contribution in [2.45, 2.75) is 25.0 Å². The normalized spacial score (nSPS) is 32.4. The van der Waals surface area contributed by atoms with E-state index in [-0.39, 0.29) is 0 Å². The molecule has 2 atom stereocenters. The molecule has 11 heavy (non-hydrogen) atoms. The molecule has 0 saturated carbocycles. The van der Waals surface area contributed by atoms with E-state index >= 15 is 0 Å². The predicted octanol–water partition coefficient (Wildman–Crippen LogP) is 1.47. The third-order valence-electron chi connectivity index (χ3n) is 2.53. The van der Waals surface area contributed by atoms with Crippen LogP contribution in [0.5, 0.6) is 0 Å². The highest BCUT2D eigenvalue weighted by molar-refractivity contribution is 5.32. The lowest BCUT2D eigenvalue weighted by Crippen LogP contribution is -2.04. The van der Waals surface area contributed by atoms with Crippen LogP contribution in [0.3, 0.4) is 0 Å². The van der Waals surface area contributed by atoms with E-state index < -0.39 is 0 Å². The first-order valence-corrected chi connectivity index (χ1v) is 4.03.